The highest BCUT2D eigenvalue weighted by atomic mass is 16.6. The summed E-state index contributed by atoms with van der Waals surface area (Å²) >= 11 is 0. The van der Waals surface area contributed by atoms with Crippen molar-refractivity contribution >= 4 is 58.0 Å². The fourth-order valence-corrected chi connectivity index (χ4v) is 7.96. The smallest absolute Gasteiger partial charge is 0.305 e. The fourth-order valence-electron chi connectivity index (χ4n) is 7.96. The van der Waals surface area contributed by atoms with Crippen LogP contribution in [0.1, 0.15) is 86.8 Å². The summed E-state index contributed by atoms with van der Waals surface area (Å²) in [5, 5.41) is 0. The Kier molecular flexibility index (Phi) is 23.5. The average Bonchev–Trinajstić information content (AvgIpc) is 3.44. The quantitative estimate of drug-likeness (QED) is 0.0231. The molecular weight excluding hydrogens is 965 g/mol. The Morgan fingerprint density at radius 1 is 0.329 bits per heavy atom. The van der Waals surface area contributed by atoms with E-state index in [9.17, 15) is 19.2 Å². The molecular formula is C62H72N2O12. The van der Waals surface area contributed by atoms with Crippen molar-refractivity contribution in [1.82, 2.24) is 0 Å². The normalized spacial score (nSPS) is 11.0. The summed E-state index contributed by atoms with van der Waals surface area (Å²) in [5.41, 5.74) is 14.1. The van der Waals surface area contributed by atoms with Crippen LogP contribution in [0.25, 0.3) is 11.1 Å². The van der Waals surface area contributed by atoms with Gasteiger partial charge in [-0.05, 0) is 131 Å². The lowest BCUT2D eigenvalue weighted by atomic mass is 10.0. The molecule has 76 heavy (non-hydrogen) atoms. The van der Waals surface area contributed by atoms with Crippen LogP contribution in [0.5, 0.6) is 0 Å². The number of aryl methyl sites for hydroxylation is 2. The van der Waals surface area contributed by atoms with Gasteiger partial charge in [0.25, 0.3) is 0 Å². The third-order valence-electron chi connectivity index (χ3n) is 12.3. The van der Waals surface area contributed by atoms with E-state index in [0.29, 0.717) is 78.5 Å². The molecule has 0 saturated carbocycles. The molecule has 14 nitrogen and oxygen atoms in total. The van der Waals surface area contributed by atoms with E-state index in [1.54, 1.807) is 27.7 Å². The van der Waals surface area contributed by atoms with E-state index in [4.69, 9.17) is 37.9 Å². The molecule has 402 valence electrons. The Morgan fingerprint density at radius 2 is 0.592 bits per heavy atom. The molecule has 0 N–H and O–H groups in total. The minimum atomic E-state index is -0.247. The number of carbonyl (C=O) groups excluding carboxylic acids is 4. The highest BCUT2D eigenvalue weighted by Gasteiger charge is 2.18. The summed E-state index contributed by atoms with van der Waals surface area (Å²) in [4.78, 5) is 50.6. The Hall–Kier alpha value is -7.36. The van der Waals surface area contributed by atoms with Gasteiger partial charge in [0.2, 0.25) is 0 Å². The number of anilines is 6. The minimum absolute atomic E-state index is 0.215. The van der Waals surface area contributed by atoms with Gasteiger partial charge in [0.15, 0.2) is 0 Å². The van der Waals surface area contributed by atoms with Gasteiger partial charge < -0.3 is 47.7 Å². The number of nitrogens with zero attached hydrogens (tertiary/aromatic N) is 2. The molecule has 6 rings (SSSR count). The second-order valence-corrected chi connectivity index (χ2v) is 17.8. The van der Waals surface area contributed by atoms with E-state index in [1.165, 1.54) is 0 Å². The van der Waals surface area contributed by atoms with Gasteiger partial charge in [0, 0.05) is 59.8 Å². The first-order valence-corrected chi connectivity index (χ1v) is 26.1. The van der Waals surface area contributed by atoms with Crippen LogP contribution in [0, 0.1) is 13.8 Å². The Morgan fingerprint density at radius 3 is 0.868 bits per heavy atom. The predicted molar refractivity (Wildman–Crippen MR) is 294 cm³/mol. The van der Waals surface area contributed by atoms with Gasteiger partial charge in [-0.25, -0.2) is 0 Å². The van der Waals surface area contributed by atoms with Crippen molar-refractivity contribution in [2.45, 2.75) is 93.7 Å². The molecule has 6 aromatic carbocycles. The molecule has 0 aliphatic rings. The second-order valence-electron chi connectivity index (χ2n) is 17.8. The number of benzene rings is 6. The van der Waals surface area contributed by atoms with E-state index >= 15 is 0 Å². The van der Waals surface area contributed by atoms with E-state index < -0.39 is 0 Å². The first-order chi connectivity index (χ1) is 37.0. The molecule has 0 unspecified atom stereocenters. The van der Waals surface area contributed by atoms with E-state index in [2.05, 4.69) is 133 Å². The van der Waals surface area contributed by atoms with Crippen LogP contribution < -0.4 is 9.80 Å². The predicted octanol–water partition coefficient (Wildman–Crippen LogP) is 12.8. The van der Waals surface area contributed by atoms with Crippen molar-refractivity contribution in [2.75, 3.05) is 62.7 Å². The standard InChI is InChI=1S/C62H72N2O12/c1-7-59(65)73-35-31-69-41-47-11-21-53(22-12-47)63(57-29-19-51(45(5)39-57)43-71-33-37-75-61(67)9-3)55-25-15-49(16-26-55)50-17-27-56(28-18-50)64(54-23-13-48(14-24-54)42-70-32-36-74-60(66)8-2)58-30-20-52(46(6)40-58)44-72-34-38-76-62(68)10-4/h11-30,39-40H,7-10,31-38,41-44H2,1-6H3. The maximum atomic E-state index is 11.6. The minimum Gasteiger partial charge on any atom is -0.463 e. The zero-order valence-corrected chi connectivity index (χ0v) is 44.8. The van der Waals surface area contributed by atoms with Crippen molar-refractivity contribution in [2.24, 2.45) is 0 Å². The lowest BCUT2D eigenvalue weighted by Gasteiger charge is -2.27. The highest BCUT2D eigenvalue weighted by Crippen LogP contribution is 2.39. The lowest BCUT2D eigenvalue weighted by molar-refractivity contribution is -0.145. The third-order valence-corrected chi connectivity index (χ3v) is 12.3. The molecule has 0 saturated heterocycles. The fraction of sp³-hybridized carbons (Fsp3) is 0.355. The van der Waals surface area contributed by atoms with Crippen molar-refractivity contribution in [3.8, 4) is 11.1 Å². The summed E-state index contributed by atoms with van der Waals surface area (Å²) in [6, 6.07) is 46.1. The summed E-state index contributed by atoms with van der Waals surface area (Å²) in [6.07, 6.45) is 1.32. The molecule has 0 aromatic heterocycles. The Bertz CT molecular complexity index is 2570. The number of rotatable bonds is 31. The average molecular weight is 1040 g/mol. The summed E-state index contributed by atoms with van der Waals surface area (Å²) in [7, 11) is 0. The van der Waals surface area contributed by atoms with Crippen LogP contribution in [-0.4, -0.2) is 76.7 Å². The van der Waals surface area contributed by atoms with Crippen LogP contribution in [-0.2, 0) is 83.5 Å². The second kappa shape index (κ2) is 30.9. The Labute approximate surface area is 447 Å². The molecule has 0 atom stereocenters. The van der Waals surface area contributed by atoms with Crippen molar-refractivity contribution in [3.05, 3.63) is 167 Å². The van der Waals surface area contributed by atoms with Gasteiger partial charge in [-0.1, -0.05) is 88.4 Å². The number of carbonyl (C=O) groups is 4. The SMILES string of the molecule is CCC(=O)OCCOCc1ccc(N(c2ccc(-c3ccc(N(c4ccc(COCCOC(=O)CC)cc4)c4ccc(COCCOC(=O)CC)c(C)c4)cc3)cc2)c2ccc(COCCOC(=O)CC)c(C)c2)cc1. The van der Waals surface area contributed by atoms with Crippen LogP contribution in [0.2, 0.25) is 0 Å². The Balaban J connectivity index is 1.23. The molecule has 0 radical (unpaired) electrons. The van der Waals surface area contributed by atoms with Gasteiger partial charge in [-0.3, -0.25) is 19.2 Å². The van der Waals surface area contributed by atoms with Crippen molar-refractivity contribution < 1.29 is 57.1 Å². The molecule has 0 aliphatic carbocycles. The molecule has 0 amide bonds. The van der Waals surface area contributed by atoms with E-state index in [0.717, 1.165) is 78.6 Å². The number of ether oxygens (including phenoxy) is 8. The monoisotopic (exact) mass is 1040 g/mol. The molecule has 14 heteroatoms. The maximum Gasteiger partial charge on any atom is 0.305 e. The summed E-state index contributed by atoms with van der Waals surface area (Å²) in [5.74, 6) is -0.986. The van der Waals surface area contributed by atoms with Crippen molar-refractivity contribution in [3.63, 3.8) is 0 Å². The number of esters is 4. The van der Waals surface area contributed by atoms with Crippen LogP contribution in [0.4, 0.5) is 34.1 Å². The molecule has 0 aliphatic heterocycles. The number of hydrogen-bond acceptors (Lipinski definition) is 14. The van der Waals surface area contributed by atoms with Crippen molar-refractivity contribution in [1.29, 1.82) is 0 Å². The van der Waals surface area contributed by atoms with Crippen LogP contribution in [0.15, 0.2) is 133 Å². The van der Waals surface area contributed by atoms with Gasteiger partial charge >= 0.3 is 23.9 Å². The third kappa shape index (κ3) is 17.9. The van der Waals surface area contributed by atoms with E-state index in [-0.39, 0.29) is 50.3 Å². The van der Waals surface area contributed by atoms with Crippen LogP contribution >= 0.6 is 0 Å². The lowest BCUT2D eigenvalue weighted by Crippen LogP contribution is -2.12. The van der Waals surface area contributed by atoms with Gasteiger partial charge in [-0.2, -0.15) is 0 Å². The zero-order valence-electron chi connectivity index (χ0n) is 44.8. The molecule has 6 aromatic rings. The number of hydrogen-bond donors (Lipinski definition) is 0. The molecule has 0 bridgehead atoms. The highest BCUT2D eigenvalue weighted by molar-refractivity contribution is 5.81. The summed E-state index contributed by atoms with van der Waals surface area (Å²) in [6.45, 7) is 14.8. The molecule has 0 spiro atoms. The van der Waals surface area contributed by atoms with Gasteiger partial charge in [0.05, 0.1) is 52.9 Å². The van der Waals surface area contributed by atoms with E-state index in [1.807, 2.05) is 24.3 Å². The maximum absolute atomic E-state index is 11.6. The molecule has 0 fully saturated rings. The topological polar surface area (TPSA) is 149 Å². The van der Waals surface area contributed by atoms with Crippen LogP contribution in [0.3, 0.4) is 0 Å². The first-order valence-electron chi connectivity index (χ1n) is 26.1. The first kappa shape index (κ1) is 57.9. The van der Waals surface area contributed by atoms with Gasteiger partial charge in [0.1, 0.15) is 26.4 Å². The molecule has 0 heterocycles. The van der Waals surface area contributed by atoms with Gasteiger partial charge in [-0.15, -0.1) is 0 Å². The zero-order chi connectivity index (χ0) is 54.1. The summed E-state index contributed by atoms with van der Waals surface area (Å²) < 4.78 is 44.0. The largest absolute Gasteiger partial charge is 0.463 e.